The average Bonchev–Trinajstić information content (AvgIpc) is 2.42. The maximum absolute atomic E-state index is 13.2. The van der Waals surface area contributed by atoms with Gasteiger partial charge in [0.05, 0.1) is 11.1 Å². The molecule has 1 aromatic rings. The summed E-state index contributed by atoms with van der Waals surface area (Å²) in [6, 6.07) is 5.18. The molecular weight excluding hydrogens is 303 g/mol. The molecule has 0 bridgehead atoms. The Hall–Kier alpha value is -1.16. The Morgan fingerprint density at radius 2 is 1.95 bits per heavy atom. The van der Waals surface area contributed by atoms with Gasteiger partial charge in [-0.15, -0.1) is 0 Å². The van der Waals surface area contributed by atoms with Gasteiger partial charge in [-0.2, -0.15) is 9.98 Å². The molecule has 0 heterocycles. The molecular formula is C13H14ClFN2O2S. The van der Waals surface area contributed by atoms with E-state index in [-0.39, 0.29) is 9.92 Å². The van der Waals surface area contributed by atoms with E-state index in [0.29, 0.717) is 12.8 Å². The summed E-state index contributed by atoms with van der Waals surface area (Å²) in [6.07, 6.45) is 3.46. The van der Waals surface area contributed by atoms with Gasteiger partial charge >= 0.3 is 0 Å². The van der Waals surface area contributed by atoms with Crippen molar-refractivity contribution in [3.63, 3.8) is 0 Å². The number of nitrogens with zero attached hydrogens (tertiary/aromatic N) is 1. The monoisotopic (exact) mass is 316 g/mol. The minimum absolute atomic E-state index is 0.0669. The maximum Gasteiger partial charge on any atom is 0.243 e. The third kappa shape index (κ3) is 3.11. The minimum Gasteiger partial charge on any atom is -0.207 e. The average molecular weight is 317 g/mol. The van der Waals surface area contributed by atoms with E-state index in [1.807, 2.05) is 0 Å². The van der Waals surface area contributed by atoms with E-state index in [1.54, 1.807) is 0 Å². The van der Waals surface area contributed by atoms with E-state index in [1.165, 1.54) is 6.07 Å². The summed E-state index contributed by atoms with van der Waals surface area (Å²) in [4.78, 5) is -0.334. The van der Waals surface area contributed by atoms with Crippen LogP contribution in [0, 0.1) is 17.1 Å². The van der Waals surface area contributed by atoms with E-state index >= 15 is 0 Å². The summed E-state index contributed by atoms with van der Waals surface area (Å²) in [5, 5.41) is 9.22. The molecule has 1 saturated carbocycles. The van der Waals surface area contributed by atoms with Crippen molar-refractivity contribution in [3.05, 3.63) is 29.0 Å². The molecule has 20 heavy (non-hydrogen) atoms. The number of nitrogens with one attached hydrogen (secondary N) is 1. The van der Waals surface area contributed by atoms with Crippen LogP contribution in [0.3, 0.4) is 0 Å². The Morgan fingerprint density at radius 1 is 1.30 bits per heavy atom. The molecule has 1 aliphatic carbocycles. The van der Waals surface area contributed by atoms with Crippen molar-refractivity contribution in [3.8, 4) is 6.07 Å². The molecule has 1 aromatic carbocycles. The normalized spacial score (nSPS) is 18.4. The first-order valence-corrected chi connectivity index (χ1v) is 8.15. The van der Waals surface area contributed by atoms with Crippen LogP contribution in [0.4, 0.5) is 4.39 Å². The number of rotatable bonds is 3. The molecule has 0 aromatic heterocycles. The summed E-state index contributed by atoms with van der Waals surface area (Å²) >= 11 is 5.82. The molecule has 1 fully saturated rings. The molecule has 0 saturated heterocycles. The second-order valence-corrected chi connectivity index (χ2v) is 6.99. The highest BCUT2D eigenvalue weighted by Gasteiger charge is 2.37. The third-order valence-corrected chi connectivity index (χ3v) is 5.45. The second-order valence-electron chi connectivity index (χ2n) is 4.93. The van der Waals surface area contributed by atoms with Crippen molar-refractivity contribution in [2.75, 3.05) is 0 Å². The minimum atomic E-state index is -4.03. The molecule has 0 radical (unpaired) electrons. The van der Waals surface area contributed by atoms with Gasteiger partial charge in [0.2, 0.25) is 10.0 Å². The molecule has 108 valence electrons. The predicted octanol–water partition coefficient (Wildman–Crippen LogP) is 2.98. The van der Waals surface area contributed by atoms with Crippen molar-refractivity contribution in [2.24, 2.45) is 0 Å². The van der Waals surface area contributed by atoms with Gasteiger partial charge in [0.1, 0.15) is 16.3 Å². The molecule has 7 heteroatoms. The fraction of sp³-hybridized carbons (Fsp3) is 0.462. The molecule has 0 amide bonds. The highest BCUT2D eigenvalue weighted by molar-refractivity contribution is 7.89. The summed E-state index contributed by atoms with van der Waals surface area (Å²) in [6.45, 7) is 0. The zero-order valence-corrected chi connectivity index (χ0v) is 12.3. The predicted molar refractivity (Wildman–Crippen MR) is 73.2 cm³/mol. The van der Waals surface area contributed by atoms with Crippen LogP contribution in [-0.4, -0.2) is 14.0 Å². The van der Waals surface area contributed by atoms with Crippen molar-refractivity contribution in [1.82, 2.24) is 4.72 Å². The molecule has 1 N–H and O–H groups in total. The first-order valence-electron chi connectivity index (χ1n) is 6.29. The van der Waals surface area contributed by atoms with Crippen molar-refractivity contribution in [2.45, 2.75) is 42.5 Å². The van der Waals surface area contributed by atoms with Crippen LogP contribution in [0.1, 0.15) is 32.1 Å². The molecule has 0 aliphatic heterocycles. The van der Waals surface area contributed by atoms with E-state index < -0.39 is 21.4 Å². The van der Waals surface area contributed by atoms with Gasteiger partial charge < -0.3 is 0 Å². The summed E-state index contributed by atoms with van der Waals surface area (Å²) in [5.74, 6) is -0.690. The number of hydrogen-bond donors (Lipinski definition) is 1. The Kier molecular flexibility index (Phi) is 4.33. The van der Waals surface area contributed by atoms with Crippen LogP contribution >= 0.6 is 11.6 Å². The highest BCUT2D eigenvalue weighted by Crippen LogP contribution is 2.30. The lowest BCUT2D eigenvalue weighted by Gasteiger charge is -2.31. The van der Waals surface area contributed by atoms with Gasteiger partial charge in [-0.3, -0.25) is 0 Å². The molecule has 1 aliphatic rings. The van der Waals surface area contributed by atoms with Crippen LogP contribution in [0.15, 0.2) is 23.1 Å². The van der Waals surface area contributed by atoms with E-state index in [9.17, 15) is 18.1 Å². The Labute approximate surface area is 122 Å². The van der Waals surface area contributed by atoms with E-state index in [4.69, 9.17) is 11.6 Å². The Balaban J connectivity index is 2.36. The summed E-state index contributed by atoms with van der Waals surface area (Å²) in [5.41, 5.74) is -1.12. The smallest absolute Gasteiger partial charge is 0.207 e. The van der Waals surface area contributed by atoms with Crippen LogP contribution in [-0.2, 0) is 10.0 Å². The molecule has 0 unspecified atom stereocenters. The van der Waals surface area contributed by atoms with Gasteiger partial charge in [-0.05, 0) is 31.0 Å². The highest BCUT2D eigenvalue weighted by atomic mass is 35.5. The van der Waals surface area contributed by atoms with E-state index in [0.717, 1.165) is 31.4 Å². The first-order chi connectivity index (χ1) is 9.38. The van der Waals surface area contributed by atoms with Gasteiger partial charge in [-0.25, -0.2) is 12.8 Å². The second kappa shape index (κ2) is 5.68. The molecule has 0 spiro atoms. The largest absolute Gasteiger partial charge is 0.243 e. The Morgan fingerprint density at radius 3 is 2.55 bits per heavy atom. The quantitative estimate of drug-likeness (QED) is 0.932. The lowest BCUT2D eigenvalue weighted by atomic mass is 9.84. The van der Waals surface area contributed by atoms with Crippen molar-refractivity contribution in [1.29, 1.82) is 5.26 Å². The SMILES string of the molecule is N#CC1(NS(=O)(=O)c2cc(F)ccc2Cl)CCCCC1. The van der Waals surface area contributed by atoms with Crippen LogP contribution in [0.2, 0.25) is 5.02 Å². The lowest BCUT2D eigenvalue weighted by Crippen LogP contribution is -2.48. The van der Waals surface area contributed by atoms with Crippen LogP contribution in [0.5, 0.6) is 0 Å². The van der Waals surface area contributed by atoms with Gasteiger partial charge in [0.15, 0.2) is 0 Å². The van der Waals surface area contributed by atoms with Gasteiger partial charge in [-0.1, -0.05) is 30.9 Å². The first kappa shape index (κ1) is 15.2. The zero-order chi connectivity index (χ0) is 14.8. The van der Waals surface area contributed by atoms with Crippen LogP contribution in [0.25, 0.3) is 0 Å². The van der Waals surface area contributed by atoms with Crippen LogP contribution < -0.4 is 4.72 Å². The molecule has 2 rings (SSSR count). The van der Waals surface area contributed by atoms with Crippen molar-refractivity contribution >= 4 is 21.6 Å². The number of halogens is 2. The van der Waals surface area contributed by atoms with Crippen molar-refractivity contribution < 1.29 is 12.8 Å². The number of hydrogen-bond acceptors (Lipinski definition) is 3. The number of benzene rings is 1. The number of nitriles is 1. The zero-order valence-electron chi connectivity index (χ0n) is 10.7. The summed E-state index contributed by atoms with van der Waals surface area (Å²) < 4.78 is 40.3. The van der Waals surface area contributed by atoms with Gasteiger partial charge in [0, 0.05) is 0 Å². The molecule has 0 atom stereocenters. The maximum atomic E-state index is 13.2. The third-order valence-electron chi connectivity index (χ3n) is 3.43. The standard InChI is InChI=1S/C13H14ClFN2O2S/c14-11-5-4-10(15)8-12(11)20(18,19)17-13(9-16)6-2-1-3-7-13/h4-5,8,17H,1-3,6-7H2. The fourth-order valence-electron chi connectivity index (χ4n) is 2.39. The molecule has 4 nitrogen and oxygen atoms in total. The summed E-state index contributed by atoms with van der Waals surface area (Å²) in [7, 11) is -4.03. The topological polar surface area (TPSA) is 70.0 Å². The van der Waals surface area contributed by atoms with E-state index in [2.05, 4.69) is 10.8 Å². The fourth-order valence-corrected chi connectivity index (χ4v) is 4.28. The Bertz CT molecular complexity index is 649. The number of sulfonamides is 1. The van der Waals surface area contributed by atoms with Gasteiger partial charge in [0.25, 0.3) is 0 Å². The lowest BCUT2D eigenvalue weighted by molar-refractivity contribution is 0.338.